The number of ether oxygens (including phenoxy) is 1. The molecule has 1 saturated heterocycles. The average molecular weight is 451 g/mol. The third-order valence-corrected chi connectivity index (χ3v) is 6.60. The molecule has 1 N–H and O–H groups in total. The van der Waals surface area contributed by atoms with Gasteiger partial charge in [0.05, 0.1) is 4.90 Å². The Morgan fingerprint density at radius 2 is 1.93 bits per heavy atom. The van der Waals surface area contributed by atoms with E-state index in [1.54, 1.807) is 5.38 Å². The lowest BCUT2D eigenvalue weighted by atomic mass is 10.3. The maximum atomic E-state index is 13.8. The summed E-state index contributed by atoms with van der Waals surface area (Å²) in [6.45, 7) is 0.296. The van der Waals surface area contributed by atoms with Crippen LogP contribution in [0.1, 0.15) is 6.42 Å². The highest BCUT2D eigenvalue weighted by Gasteiger charge is 2.35. The summed E-state index contributed by atoms with van der Waals surface area (Å²) in [5, 5.41) is 1.90. The third-order valence-electron chi connectivity index (χ3n) is 4.43. The van der Waals surface area contributed by atoms with Crippen LogP contribution >= 0.6 is 11.3 Å². The second kappa shape index (κ2) is 8.00. The van der Waals surface area contributed by atoms with E-state index >= 15 is 0 Å². The first-order valence-electron chi connectivity index (χ1n) is 8.79. The number of nitrogens with one attached hydrogen (secondary N) is 1. The predicted octanol–water partition coefficient (Wildman–Crippen LogP) is 3.41. The Labute approximate surface area is 175 Å². The zero-order chi connectivity index (χ0) is 21.3. The summed E-state index contributed by atoms with van der Waals surface area (Å²) in [4.78, 5) is 18.0. The van der Waals surface area contributed by atoms with E-state index in [2.05, 4.69) is 9.71 Å². The van der Waals surface area contributed by atoms with Gasteiger partial charge in [0.15, 0.2) is 22.8 Å². The highest BCUT2D eigenvalue weighted by atomic mass is 32.2. The minimum Gasteiger partial charge on any atom is -0.477 e. The molecular formula is C19H15F2N3O4S2. The Hall–Kier alpha value is -3.05. The number of carbonyl (C=O) groups is 1. The number of carbonyl (C=O) groups excluding carboxylic acids is 1. The van der Waals surface area contributed by atoms with E-state index in [1.807, 2.05) is 0 Å². The lowest BCUT2D eigenvalue weighted by Crippen LogP contribution is -2.32. The molecule has 0 radical (unpaired) electrons. The van der Waals surface area contributed by atoms with Gasteiger partial charge in [0.2, 0.25) is 0 Å². The molecule has 156 valence electrons. The van der Waals surface area contributed by atoms with Crippen LogP contribution in [-0.2, 0) is 14.8 Å². The topological polar surface area (TPSA) is 88.6 Å². The van der Waals surface area contributed by atoms with Crippen molar-refractivity contribution in [3.63, 3.8) is 0 Å². The summed E-state index contributed by atoms with van der Waals surface area (Å²) in [5.74, 6) is -2.18. The molecule has 4 rings (SSSR count). The van der Waals surface area contributed by atoms with Crippen LogP contribution in [0.25, 0.3) is 0 Å². The summed E-state index contributed by atoms with van der Waals surface area (Å²) >= 11 is 1.15. The van der Waals surface area contributed by atoms with Gasteiger partial charge in [-0.15, -0.1) is 11.3 Å². The molecule has 0 aliphatic carbocycles. The van der Waals surface area contributed by atoms with Crippen molar-refractivity contribution in [2.75, 3.05) is 16.2 Å². The van der Waals surface area contributed by atoms with Gasteiger partial charge in [0.25, 0.3) is 15.9 Å². The zero-order valence-corrected chi connectivity index (χ0v) is 16.9. The fraction of sp³-hybridized carbons (Fsp3) is 0.158. The zero-order valence-electron chi connectivity index (χ0n) is 15.3. The molecule has 0 bridgehead atoms. The maximum Gasteiger partial charge on any atom is 0.268 e. The van der Waals surface area contributed by atoms with Crippen molar-refractivity contribution in [3.05, 3.63) is 65.7 Å². The quantitative estimate of drug-likeness (QED) is 0.621. The van der Waals surface area contributed by atoms with Gasteiger partial charge in [-0.1, -0.05) is 0 Å². The van der Waals surface area contributed by atoms with Crippen LogP contribution in [0.4, 0.5) is 19.6 Å². The van der Waals surface area contributed by atoms with Crippen molar-refractivity contribution >= 4 is 38.1 Å². The molecule has 2 heterocycles. The SMILES string of the molecule is O=C1C(Oc2cc(F)ccc2F)CCN1c1ccc(S(=O)(=O)Nc2nccs2)cc1. The van der Waals surface area contributed by atoms with Crippen molar-refractivity contribution in [3.8, 4) is 5.75 Å². The Bertz CT molecular complexity index is 1170. The summed E-state index contributed by atoms with van der Waals surface area (Å²) in [7, 11) is -3.80. The smallest absolute Gasteiger partial charge is 0.268 e. The Morgan fingerprint density at radius 1 is 1.17 bits per heavy atom. The Morgan fingerprint density at radius 3 is 2.63 bits per heavy atom. The lowest BCUT2D eigenvalue weighted by molar-refractivity contribution is -0.122. The van der Waals surface area contributed by atoms with Crippen LogP contribution in [0.2, 0.25) is 0 Å². The van der Waals surface area contributed by atoms with E-state index in [4.69, 9.17) is 4.74 Å². The molecule has 3 aromatic rings. The van der Waals surface area contributed by atoms with E-state index in [1.165, 1.54) is 35.4 Å². The van der Waals surface area contributed by atoms with Gasteiger partial charge in [0.1, 0.15) is 5.82 Å². The normalized spacial score (nSPS) is 16.7. The monoisotopic (exact) mass is 451 g/mol. The standard InChI is InChI=1S/C19H15F2N3O4S2/c20-12-1-6-15(21)17(11-12)28-16-7-9-24(18(16)25)13-2-4-14(5-3-13)30(26,27)23-19-22-8-10-29-19/h1-6,8,10-11,16H,7,9H2,(H,22,23). The predicted molar refractivity (Wildman–Crippen MR) is 107 cm³/mol. The van der Waals surface area contributed by atoms with E-state index in [-0.39, 0.29) is 22.2 Å². The molecule has 1 amide bonds. The number of nitrogens with zero attached hydrogens (tertiary/aromatic N) is 2. The molecule has 1 aliphatic rings. The van der Waals surface area contributed by atoms with E-state index in [9.17, 15) is 22.0 Å². The van der Waals surface area contributed by atoms with Gasteiger partial charge in [-0.25, -0.2) is 22.2 Å². The van der Waals surface area contributed by atoms with Crippen molar-refractivity contribution < 1.29 is 26.7 Å². The molecule has 30 heavy (non-hydrogen) atoms. The number of halogens is 2. The van der Waals surface area contributed by atoms with Gasteiger partial charge in [-0.05, 0) is 36.4 Å². The second-order valence-corrected chi connectivity index (χ2v) is 8.97. The van der Waals surface area contributed by atoms with E-state index in [0.29, 0.717) is 12.2 Å². The Balaban J connectivity index is 1.47. The first kappa shape index (κ1) is 20.2. The fourth-order valence-electron chi connectivity index (χ4n) is 2.99. The summed E-state index contributed by atoms with van der Waals surface area (Å²) in [5.41, 5.74) is 0.471. The molecule has 2 aromatic carbocycles. The minimum atomic E-state index is -3.80. The molecule has 1 fully saturated rings. The molecule has 11 heteroatoms. The van der Waals surface area contributed by atoms with Crippen LogP contribution in [0.3, 0.4) is 0 Å². The number of hydrogen-bond donors (Lipinski definition) is 1. The van der Waals surface area contributed by atoms with Gasteiger partial charge in [-0.2, -0.15) is 0 Å². The van der Waals surface area contributed by atoms with Crippen molar-refractivity contribution in [2.45, 2.75) is 17.4 Å². The number of thiazole rings is 1. The number of rotatable bonds is 6. The van der Waals surface area contributed by atoms with Crippen molar-refractivity contribution in [1.29, 1.82) is 0 Å². The van der Waals surface area contributed by atoms with Crippen LogP contribution in [-0.4, -0.2) is 32.0 Å². The van der Waals surface area contributed by atoms with Crippen molar-refractivity contribution in [1.82, 2.24) is 4.98 Å². The van der Waals surface area contributed by atoms with Crippen LogP contribution in [0, 0.1) is 11.6 Å². The van der Waals surface area contributed by atoms with Crippen LogP contribution in [0.5, 0.6) is 5.75 Å². The third kappa shape index (κ3) is 4.12. The van der Waals surface area contributed by atoms with E-state index < -0.39 is 33.7 Å². The summed E-state index contributed by atoms with van der Waals surface area (Å²) < 4.78 is 59.6. The van der Waals surface area contributed by atoms with Crippen molar-refractivity contribution in [2.24, 2.45) is 0 Å². The summed E-state index contributed by atoms with van der Waals surface area (Å²) in [6.07, 6.45) is 0.801. The molecule has 1 aliphatic heterocycles. The first-order chi connectivity index (χ1) is 14.3. The van der Waals surface area contributed by atoms with Gasteiger partial charge >= 0.3 is 0 Å². The average Bonchev–Trinajstić information content (AvgIpc) is 3.35. The Kier molecular flexibility index (Phi) is 5.39. The molecule has 1 atom stereocenters. The maximum absolute atomic E-state index is 13.8. The molecule has 0 saturated carbocycles. The molecule has 7 nitrogen and oxygen atoms in total. The highest BCUT2D eigenvalue weighted by Crippen LogP contribution is 2.28. The highest BCUT2D eigenvalue weighted by molar-refractivity contribution is 7.93. The number of sulfonamides is 1. The molecule has 0 spiro atoms. The number of benzene rings is 2. The van der Waals surface area contributed by atoms with Crippen LogP contribution in [0.15, 0.2) is 58.9 Å². The molecule has 1 aromatic heterocycles. The molecular weight excluding hydrogens is 436 g/mol. The van der Waals surface area contributed by atoms with E-state index in [0.717, 1.165) is 29.5 Å². The first-order valence-corrected chi connectivity index (χ1v) is 11.2. The number of amides is 1. The van der Waals surface area contributed by atoms with Gasteiger partial charge in [-0.3, -0.25) is 9.52 Å². The minimum absolute atomic E-state index is 0.0164. The van der Waals surface area contributed by atoms with Gasteiger partial charge < -0.3 is 9.64 Å². The largest absolute Gasteiger partial charge is 0.477 e. The number of anilines is 2. The second-order valence-electron chi connectivity index (χ2n) is 6.40. The fourth-order valence-corrected chi connectivity index (χ4v) is 4.78. The lowest BCUT2D eigenvalue weighted by Gasteiger charge is -2.18. The van der Waals surface area contributed by atoms with Crippen LogP contribution < -0.4 is 14.4 Å². The van der Waals surface area contributed by atoms with Gasteiger partial charge in [0, 0.05) is 36.3 Å². The number of hydrogen-bond acceptors (Lipinski definition) is 6. The molecule has 1 unspecified atom stereocenters. The number of aromatic nitrogens is 1. The summed E-state index contributed by atoms with van der Waals surface area (Å²) in [6, 6.07) is 8.53.